The predicted octanol–water partition coefficient (Wildman–Crippen LogP) is 3.05. The average molecular weight is 369 g/mol. The molecule has 0 spiro atoms. The summed E-state index contributed by atoms with van der Waals surface area (Å²) >= 11 is 0. The Balaban J connectivity index is 1.30. The summed E-state index contributed by atoms with van der Waals surface area (Å²) in [4.78, 5) is 14.5. The summed E-state index contributed by atoms with van der Waals surface area (Å²) in [7, 11) is 0. The Morgan fingerprint density at radius 1 is 1.19 bits per heavy atom. The van der Waals surface area contributed by atoms with Crippen LogP contribution in [0.15, 0.2) is 42.6 Å². The van der Waals surface area contributed by atoms with Crippen molar-refractivity contribution in [2.24, 2.45) is 5.92 Å². The van der Waals surface area contributed by atoms with Crippen LogP contribution < -0.4 is 4.74 Å². The number of rotatable bonds is 8. The van der Waals surface area contributed by atoms with Gasteiger partial charge in [-0.15, -0.1) is 0 Å². The number of benzene rings is 1. The van der Waals surface area contributed by atoms with Crippen molar-refractivity contribution in [1.82, 2.24) is 14.7 Å². The maximum absolute atomic E-state index is 12.7. The highest BCUT2D eigenvalue weighted by atomic mass is 16.5. The lowest BCUT2D eigenvalue weighted by Crippen LogP contribution is -2.43. The summed E-state index contributed by atoms with van der Waals surface area (Å²) in [6.07, 6.45) is 6.62. The van der Waals surface area contributed by atoms with Gasteiger partial charge in [0.15, 0.2) is 6.61 Å². The van der Waals surface area contributed by atoms with Crippen molar-refractivity contribution in [2.45, 2.75) is 38.3 Å². The maximum Gasteiger partial charge on any atom is 0.260 e. The molecular weight excluding hydrogens is 342 g/mol. The molecule has 6 heteroatoms. The maximum atomic E-state index is 12.7. The van der Waals surface area contributed by atoms with Gasteiger partial charge in [0, 0.05) is 26.0 Å². The van der Waals surface area contributed by atoms with Crippen LogP contribution in [0.4, 0.5) is 0 Å². The van der Waals surface area contributed by atoms with E-state index in [0.29, 0.717) is 25.4 Å². The normalized spacial score (nSPS) is 19.4. The van der Waals surface area contributed by atoms with Gasteiger partial charge in [-0.05, 0) is 43.4 Å². The molecule has 1 amide bonds. The summed E-state index contributed by atoms with van der Waals surface area (Å²) in [5.41, 5.74) is 1.07. The summed E-state index contributed by atoms with van der Waals surface area (Å²) < 4.78 is 13.5. The fourth-order valence-corrected chi connectivity index (χ4v) is 3.67. The fourth-order valence-electron chi connectivity index (χ4n) is 3.67. The van der Waals surface area contributed by atoms with E-state index in [1.165, 1.54) is 19.3 Å². The second kappa shape index (κ2) is 8.57. The Hall–Kier alpha value is -2.34. The van der Waals surface area contributed by atoms with E-state index in [9.17, 15) is 4.79 Å². The van der Waals surface area contributed by atoms with E-state index in [2.05, 4.69) is 9.78 Å². The number of carbonyl (C=O) groups is 1. The largest absolute Gasteiger partial charge is 0.484 e. The number of ether oxygens (including phenoxy) is 2. The Labute approximate surface area is 160 Å². The van der Waals surface area contributed by atoms with E-state index in [1.807, 2.05) is 47.5 Å². The minimum atomic E-state index is 0.00619. The molecule has 1 aromatic carbocycles. The fraction of sp³-hybridized carbons (Fsp3) is 0.524. The summed E-state index contributed by atoms with van der Waals surface area (Å²) in [6.45, 7) is 2.87. The highest BCUT2D eigenvalue weighted by Gasteiger charge is 2.28. The molecule has 144 valence electrons. The Morgan fingerprint density at radius 3 is 2.81 bits per heavy atom. The van der Waals surface area contributed by atoms with E-state index < -0.39 is 0 Å². The number of fused-ring (bicyclic) bond motifs is 1. The molecule has 2 aromatic rings. The summed E-state index contributed by atoms with van der Waals surface area (Å²) in [5.74, 6) is 1.48. The smallest absolute Gasteiger partial charge is 0.260 e. The lowest BCUT2D eigenvalue weighted by atomic mass is 9.86. The zero-order valence-corrected chi connectivity index (χ0v) is 15.6. The van der Waals surface area contributed by atoms with Gasteiger partial charge in [0.2, 0.25) is 0 Å². The van der Waals surface area contributed by atoms with Gasteiger partial charge in [-0.2, -0.15) is 5.10 Å². The van der Waals surface area contributed by atoms with Gasteiger partial charge in [-0.1, -0.05) is 24.6 Å². The molecule has 0 saturated heterocycles. The van der Waals surface area contributed by atoms with Gasteiger partial charge in [0.1, 0.15) is 5.75 Å². The topological polar surface area (TPSA) is 56.6 Å². The molecule has 0 bridgehead atoms. The van der Waals surface area contributed by atoms with E-state index in [0.717, 1.165) is 24.6 Å². The van der Waals surface area contributed by atoms with E-state index >= 15 is 0 Å². The van der Waals surface area contributed by atoms with Crippen molar-refractivity contribution < 1.29 is 14.3 Å². The first kappa shape index (κ1) is 18.0. The molecule has 4 rings (SSSR count). The molecule has 27 heavy (non-hydrogen) atoms. The standard InChI is InChI=1S/C21H27N3O3/c25-21(16-27-20-7-2-1-3-8-20)23-13-18-9-11-22-24(18)19(14-23)10-12-26-15-17-5-4-6-17/h1-3,7-9,11,17,19H,4-6,10,12-16H2. The molecule has 1 atom stereocenters. The van der Waals surface area contributed by atoms with Crippen LogP contribution in [0.1, 0.15) is 37.4 Å². The lowest BCUT2D eigenvalue weighted by molar-refractivity contribution is -0.135. The van der Waals surface area contributed by atoms with Crippen molar-refractivity contribution in [1.29, 1.82) is 0 Å². The third-order valence-corrected chi connectivity index (χ3v) is 5.51. The third kappa shape index (κ3) is 4.50. The van der Waals surface area contributed by atoms with Gasteiger partial charge in [-0.3, -0.25) is 9.48 Å². The van der Waals surface area contributed by atoms with E-state index in [4.69, 9.17) is 9.47 Å². The lowest BCUT2D eigenvalue weighted by Gasteiger charge is -2.34. The average Bonchev–Trinajstić information content (AvgIpc) is 3.14. The molecular formula is C21H27N3O3. The van der Waals surface area contributed by atoms with E-state index in [1.54, 1.807) is 0 Å². The number of para-hydroxylation sites is 1. The number of hydrogen-bond donors (Lipinski definition) is 0. The van der Waals surface area contributed by atoms with Crippen LogP contribution in [0, 0.1) is 5.92 Å². The van der Waals surface area contributed by atoms with Crippen molar-refractivity contribution in [2.75, 3.05) is 26.4 Å². The van der Waals surface area contributed by atoms with Crippen LogP contribution in [0.3, 0.4) is 0 Å². The molecule has 1 unspecified atom stereocenters. The quantitative estimate of drug-likeness (QED) is 0.671. The Kier molecular flexibility index (Phi) is 5.72. The number of carbonyl (C=O) groups excluding carboxylic acids is 1. The zero-order valence-electron chi connectivity index (χ0n) is 15.6. The molecule has 0 N–H and O–H groups in total. The van der Waals surface area contributed by atoms with Crippen LogP contribution in [0.5, 0.6) is 5.75 Å². The first-order valence-corrected chi connectivity index (χ1v) is 9.85. The number of nitrogens with zero attached hydrogens (tertiary/aromatic N) is 3. The molecule has 0 radical (unpaired) electrons. The number of hydrogen-bond acceptors (Lipinski definition) is 4. The van der Waals surface area contributed by atoms with Gasteiger partial charge in [0.25, 0.3) is 5.91 Å². The molecule has 1 aliphatic heterocycles. The summed E-state index contributed by atoms with van der Waals surface area (Å²) in [5, 5.41) is 4.46. The van der Waals surface area contributed by atoms with Gasteiger partial charge < -0.3 is 14.4 Å². The van der Waals surface area contributed by atoms with Crippen LogP contribution in [0.25, 0.3) is 0 Å². The molecule has 1 fully saturated rings. The molecule has 2 aliphatic rings. The predicted molar refractivity (Wildman–Crippen MR) is 101 cm³/mol. The molecule has 1 aromatic heterocycles. The van der Waals surface area contributed by atoms with Gasteiger partial charge in [-0.25, -0.2) is 0 Å². The van der Waals surface area contributed by atoms with Crippen LogP contribution >= 0.6 is 0 Å². The molecule has 2 heterocycles. The first-order valence-electron chi connectivity index (χ1n) is 9.85. The first-order chi connectivity index (χ1) is 13.3. The molecule has 6 nitrogen and oxygen atoms in total. The Morgan fingerprint density at radius 2 is 2.04 bits per heavy atom. The van der Waals surface area contributed by atoms with Crippen molar-refractivity contribution in [3.8, 4) is 5.75 Å². The van der Waals surface area contributed by atoms with Gasteiger partial charge >= 0.3 is 0 Å². The van der Waals surface area contributed by atoms with Crippen molar-refractivity contribution >= 4 is 5.91 Å². The second-order valence-corrected chi connectivity index (χ2v) is 7.46. The zero-order chi connectivity index (χ0) is 18.5. The minimum Gasteiger partial charge on any atom is -0.484 e. The third-order valence-electron chi connectivity index (χ3n) is 5.51. The van der Waals surface area contributed by atoms with E-state index in [-0.39, 0.29) is 18.6 Å². The molecule has 1 aliphatic carbocycles. The van der Waals surface area contributed by atoms with Crippen LogP contribution in [-0.2, 0) is 16.1 Å². The second-order valence-electron chi connectivity index (χ2n) is 7.46. The van der Waals surface area contributed by atoms with Crippen molar-refractivity contribution in [3.05, 3.63) is 48.3 Å². The van der Waals surface area contributed by atoms with Crippen molar-refractivity contribution in [3.63, 3.8) is 0 Å². The molecule has 1 saturated carbocycles. The summed E-state index contributed by atoms with van der Waals surface area (Å²) in [6, 6.07) is 11.6. The highest BCUT2D eigenvalue weighted by Crippen LogP contribution is 2.27. The highest BCUT2D eigenvalue weighted by molar-refractivity contribution is 5.78. The number of amides is 1. The van der Waals surface area contributed by atoms with Crippen LogP contribution in [0.2, 0.25) is 0 Å². The number of aromatic nitrogens is 2. The SMILES string of the molecule is O=C(COc1ccccc1)N1Cc2ccnn2C(CCOCC2CCC2)C1. The van der Waals surface area contributed by atoms with Crippen LogP contribution in [-0.4, -0.2) is 47.0 Å². The Bertz CT molecular complexity index is 742. The minimum absolute atomic E-state index is 0.00619. The monoisotopic (exact) mass is 369 g/mol. The van der Waals surface area contributed by atoms with Gasteiger partial charge in [0.05, 0.1) is 18.3 Å².